The van der Waals surface area contributed by atoms with Gasteiger partial charge in [-0.3, -0.25) is 0 Å². The summed E-state index contributed by atoms with van der Waals surface area (Å²) in [6.07, 6.45) is 10.7. The highest BCUT2D eigenvalue weighted by molar-refractivity contribution is 5.89. The summed E-state index contributed by atoms with van der Waals surface area (Å²) in [5.74, 6) is 0.701. The molecule has 0 heterocycles. The molecule has 3 atom stereocenters. The van der Waals surface area contributed by atoms with Gasteiger partial charge in [0.2, 0.25) is 0 Å². The van der Waals surface area contributed by atoms with E-state index in [2.05, 4.69) is 237 Å². The minimum Gasteiger partial charge on any atom is -0.310 e. The molecule has 2 heteroatoms. The van der Waals surface area contributed by atoms with Crippen LogP contribution in [0.3, 0.4) is 0 Å². The van der Waals surface area contributed by atoms with E-state index in [4.69, 9.17) is 0 Å². The van der Waals surface area contributed by atoms with Gasteiger partial charge in [0, 0.05) is 33.6 Å². The Hall–Kier alpha value is -5.08. The molecule has 0 aliphatic heterocycles. The van der Waals surface area contributed by atoms with Gasteiger partial charge in [0.1, 0.15) is 0 Å². The maximum absolute atomic E-state index is 2.68. The molecule has 0 N–H and O–H groups in total. The second-order valence-corrected chi connectivity index (χ2v) is 25.4. The first kappa shape index (κ1) is 50.8. The van der Waals surface area contributed by atoms with Gasteiger partial charge in [0.15, 0.2) is 0 Å². The molecule has 6 aromatic rings. The lowest BCUT2D eigenvalue weighted by Gasteiger charge is -2.47. The number of nitrogens with zero attached hydrogens (tertiary/aromatic N) is 2. The number of fused-ring (bicyclic) bond motifs is 4. The van der Waals surface area contributed by atoms with Crippen molar-refractivity contribution in [1.29, 1.82) is 0 Å². The van der Waals surface area contributed by atoms with E-state index < -0.39 is 0 Å². The fourth-order valence-electron chi connectivity index (χ4n) is 14.0. The van der Waals surface area contributed by atoms with Gasteiger partial charge in [0.05, 0.1) is 11.4 Å². The third kappa shape index (κ3) is 8.21. The molecular weight excluding hydrogens is 857 g/mol. The standard InChI is InChI=1S/C69H88N2/c1-18-36-68-37-35-51-44-69(51,68)61-43-57(71(55-29-25-50(26-30-55)67(17,21-4)22-5)63-47(8)40-53(41-48(63)9)65(13,14)15)32-34-59(61)58-33-31-56(42-60(58)68)70(54-27-23-49(24-28-54)66(16,19-2)20-3)62-45(6)38-52(39-46(62)7)64(10,11)12/h23-34,38-43,51H,18-22,35-37,44H2,1-17H3/t51?,68-,69?/m0/s1. The first-order valence-electron chi connectivity index (χ1n) is 27.9. The van der Waals surface area contributed by atoms with Gasteiger partial charge in [-0.2, -0.15) is 0 Å². The molecule has 0 radical (unpaired) electrons. The van der Waals surface area contributed by atoms with E-state index in [1.165, 1.54) is 122 Å². The maximum Gasteiger partial charge on any atom is 0.0520 e. The number of hydrogen-bond acceptors (Lipinski definition) is 2. The Morgan fingerprint density at radius 2 is 0.817 bits per heavy atom. The molecule has 374 valence electrons. The Kier molecular flexibility index (Phi) is 13.0. The maximum atomic E-state index is 2.68. The zero-order valence-corrected chi connectivity index (χ0v) is 47.2. The van der Waals surface area contributed by atoms with Crippen LogP contribution in [0.5, 0.6) is 0 Å². The average molecular weight is 945 g/mol. The Labute approximate surface area is 431 Å². The van der Waals surface area contributed by atoms with Gasteiger partial charge in [-0.05, 0) is 222 Å². The predicted octanol–water partition coefficient (Wildman–Crippen LogP) is 20.4. The van der Waals surface area contributed by atoms with E-state index in [0.717, 1.165) is 25.7 Å². The molecule has 3 aliphatic rings. The smallest absolute Gasteiger partial charge is 0.0520 e. The predicted molar refractivity (Wildman–Crippen MR) is 309 cm³/mol. The summed E-state index contributed by atoms with van der Waals surface area (Å²) < 4.78 is 0. The SMILES string of the molecule is CCC[C@@]12CCC3CC31c1cc(N(c3ccc(C(C)(CC)CC)cc3)c3c(C)cc(C(C)(C)C)cc3C)ccc1-c1ccc(N(c3ccc(C(C)(CC)CC)cc3)c3c(C)cc(C(C)(C)C)cc3C)cc12. The summed E-state index contributed by atoms with van der Waals surface area (Å²) >= 11 is 0. The molecule has 6 aromatic carbocycles. The zero-order valence-electron chi connectivity index (χ0n) is 47.2. The van der Waals surface area contributed by atoms with Crippen LogP contribution < -0.4 is 9.80 Å². The highest BCUT2D eigenvalue weighted by Gasteiger charge is 2.73. The lowest BCUT2D eigenvalue weighted by molar-refractivity contribution is 0.307. The van der Waals surface area contributed by atoms with Crippen molar-refractivity contribution < 1.29 is 0 Å². The minimum absolute atomic E-state index is 0.0656. The Balaban J connectivity index is 1.25. The molecule has 0 saturated heterocycles. The number of benzene rings is 6. The lowest BCUT2D eigenvalue weighted by atomic mass is 9.57. The number of hydrogen-bond donors (Lipinski definition) is 0. The van der Waals surface area contributed by atoms with E-state index >= 15 is 0 Å². The van der Waals surface area contributed by atoms with Gasteiger partial charge in [-0.15, -0.1) is 0 Å². The summed E-state index contributed by atoms with van der Waals surface area (Å²) in [6.45, 7) is 40.0. The van der Waals surface area contributed by atoms with Gasteiger partial charge < -0.3 is 9.80 Å². The fraction of sp³-hybridized carbons (Fsp3) is 0.478. The van der Waals surface area contributed by atoms with Crippen molar-refractivity contribution in [1.82, 2.24) is 0 Å². The summed E-state index contributed by atoms with van der Waals surface area (Å²) in [6, 6.07) is 44.4. The molecule has 2 saturated carbocycles. The van der Waals surface area contributed by atoms with Crippen LogP contribution in [0, 0.1) is 33.6 Å². The first-order valence-corrected chi connectivity index (χ1v) is 27.9. The van der Waals surface area contributed by atoms with Crippen LogP contribution in [-0.2, 0) is 32.5 Å². The molecule has 71 heavy (non-hydrogen) atoms. The highest BCUT2D eigenvalue weighted by atomic mass is 15.2. The van der Waals surface area contributed by atoms with Gasteiger partial charge in [0.25, 0.3) is 0 Å². The highest BCUT2D eigenvalue weighted by Crippen LogP contribution is 2.78. The first-order chi connectivity index (χ1) is 33.5. The lowest BCUT2D eigenvalue weighted by Crippen LogP contribution is -2.41. The second kappa shape index (κ2) is 18.1. The van der Waals surface area contributed by atoms with Crippen LogP contribution >= 0.6 is 0 Å². The molecule has 0 amide bonds. The van der Waals surface area contributed by atoms with Crippen molar-refractivity contribution >= 4 is 34.1 Å². The van der Waals surface area contributed by atoms with E-state index in [1.54, 1.807) is 11.1 Å². The van der Waals surface area contributed by atoms with E-state index in [-0.39, 0.29) is 32.5 Å². The Morgan fingerprint density at radius 3 is 1.17 bits per heavy atom. The van der Waals surface area contributed by atoms with Gasteiger partial charge in [-0.25, -0.2) is 0 Å². The molecule has 0 bridgehead atoms. The number of aryl methyl sites for hydroxylation is 4. The van der Waals surface area contributed by atoms with Crippen LogP contribution in [0.4, 0.5) is 34.1 Å². The van der Waals surface area contributed by atoms with Crippen molar-refractivity contribution in [2.24, 2.45) is 5.92 Å². The zero-order chi connectivity index (χ0) is 51.2. The van der Waals surface area contributed by atoms with Gasteiger partial charge >= 0.3 is 0 Å². The molecule has 1 spiro atoms. The van der Waals surface area contributed by atoms with Crippen molar-refractivity contribution in [3.63, 3.8) is 0 Å². The average Bonchev–Trinajstić information content (AvgIpc) is 3.99. The number of anilines is 6. The molecule has 3 aliphatic carbocycles. The van der Waals surface area contributed by atoms with Crippen molar-refractivity contribution in [3.8, 4) is 11.1 Å². The Bertz CT molecular complexity index is 2900. The molecule has 0 aromatic heterocycles. The van der Waals surface area contributed by atoms with Crippen LogP contribution in [0.25, 0.3) is 11.1 Å². The number of rotatable bonds is 14. The molecule has 2 nitrogen and oxygen atoms in total. The van der Waals surface area contributed by atoms with Crippen molar-refractivity contribution in [2.75, 3.05) is 9.80 Å². The minimum atomic E-state index is 0.0656. The second-order valence-electron chi connectivity index (χ2n) is 25.4. The fourth-order valence-corrected chi connectivity index (χ4v) is 14.0. The van der Waals surface area contributed by atoms with Crippen LogP contribution in [0.15, 0.2) is 109 Å². The Morgan fingerprint density at radius 1 is 0.451 bits per heavy atom. The monoisotopic (exact) mass is 945 g/mol. The van der Waals surface area contributed by atoms with Crippen LogP contribution in [-0.4, -0.2) is 0 Å². The van der Waals surface area contributed by atoms with E-state index in [1.807, 2.05) is 0 Å². The summed E-state index contributed by atoms with van der Waals surface area (Å²) in [7, 11) is 0. The van der Waals surface area contributed by atoms with Crippen LogP contribution in [0.1, 0.15) is 203 Å². The van der Waals surface area contributed by atoms with Crippen molar-refractivity contribution in [3.05, 3.63) is 165 Å². The third-order valence-electron chi connectivity index (χ3n) is 19.3. The molecule has 2 unspecified atom stereocenters. The molecule has 9 rings (SSSR count). The topological polar surface area (TPSA) is 6.48 Å². The molecular formula is C69H88N2. The van der Waals surface area contributed by atoms with E-state index in [9.17, 15) is 0 Å². The third-order valence-corrected chi connectivity index (χ3v) is 19.3. The quantitative estimate of drug-likeness (QED) is 0.107. The normalized spacial score (nSPS) is 19.5. The summed E-state index contributed by atoms with van der Waals surface area (Å²) in [5, 5.41) is 0. The van der Waals surface area contributed by atoms with Crippen molar-refractivity contribution in [2.45, 2.75) is 208 Å². The van der Waals surface area contributed by atoms with Gasteiger partial charge in [-0.1, -0.05) is 157 Å². The molecule has 2 fully saturated rings. The van der Waals surface area contributed by atoms with E-state index in [0.29, 0.717) is 5.92 Å². The van der Waals surface area contributed by atoms with Crippen LogP contribution in [0.2, 0.25) is 0 Å². The summed E-state index contributed by atoms with van der Waals surface area (Å²) in [4.78, 5) is 5.23. The largest absolute Gasteiger partial charge is 0.310 e. The summed E-state index contributed by atoms with van der Waals surface area (Å²) in [5.41, 5.74) is 25.3.